The standard InChI is InChI=1S/C12H16F2N2/c1-12(5-6-12)10(16-15)7-8-3-2-4-9(13)11(8)14/h2-4,10,16H,5-7,15H2,1H3. The molecule has 0 aromatic heterocycles. The van der Waals surface area contributed by atoms with Gasteiger partial charge in [-0.3, -0.25) is 11.3 Å². The Hall–Kier alpha value is -1.00. The molecule has 88 valence electrons. The lowest BCUT2D eigenvalue weighted by molar-refractivity contribution is 0.353. The van der Waals surface area contributed by atoms with Gasteiger partial charge in [0.1, 0.15) is 0 Å². The molecular formula is C12H16F2N2. The van der Waals surface area contributed by atoms with E-state index in [1.807, 2.05) is 0 Å². The van der Waals surface area contributed by atoms with Gasteiger partial charge in [-0.25, -0.2) is 8.78 Å². The quantitative estimate of drug-likeness (QED) is 0.609. The van der Waals surface area contributed by atoms with Crippen LogP contribution in [0.5, 0.6) is 0 Å². The van der Waals surface area contributed by atoms with Crippen molar-refractivity contribution >= 4 is 0 Å². The lowest BCUT2D eigenvalue weighted by atomic mass is 9.92. The molecule has 1 aromatic rings. The normalized spacial score (nSPS) is 19.5. The Balaban J connectivity index is 2.16. The summed E-state index contributed by atoms with van der Waals surface area (Å²) >= 11 is 0. The van der Waals surface area contributed by atoms with Gasteiger partial charge in [-0.2, -0.15) is 0 Å². The fourth-order valence-electron chi connectivity index (χ4n) is 1.98. The molecule has 0 spiro atoms. The third-order valence-electron chi connectivity index (χ3n) is 3.54. The van der Waals surface area contributed by atoms with Gasteiger partial charge in [0.2, 0.25) is 0 Å². The van der Waals surface area contributed by atoms with Crippen LogP contribution in [0.2, 0.25) is 0 Å². The van der Waals surface area contributed by atoms with Crippen molar-refractivity contribution in [1.29, 1.82) is 0 Å². The molecule has 1 unspecified atom stereocenters. The summed E-state index contributed by atoms with van der Waals surface area (Å²) in [4.78, 5) is 0. The largest absolute Gasteiger partial charge is 0.271 e. The van der Waals surface area contributed by atoms with E-state index < -0.39 is 11.6 Å². The van der Waals surface area contributed by atoms with Crippen molar-refractivity contribution in [2.24, 2.45) is 11.3 Å². The van der Waals surface area contributed by atoms with Gasteiger partial charge in [-0.15, -0.1) is 0 Å². The third kappa shape index (κ3) is 2.08. The molecule has 0 saturated heterocycles. The fourth-order valence-corrected chi connectivity index (χ4v) is 1.98. The first-order valence-electron chi connectivity index (χ1n) is 5.46. The Morgan fingerprint density at radius 3 is 2.69 bits per heavy atom. The molecule has 1 atom stereocenters. The van der Waals surface area contributed by atoms with Gasteiger partial charge < -0.3 is 0 Å². The molecule has 0 bridgehead atoms. The average molecular weight is 226 g/mol. The van der Waals surface area contributed by atoms with Crippen LogP contribution in [0.25, 0.3) is 0 Å². The minimum Gasteiger partial charge on any atom is -0.271 e. The number of nitrogens with two attached hydrogens (primary N) is 1. The van der Waals surface area contributed by atoms with Crippen LogP contribution in [0.15, 0.2) is 18.2 Å². The summed E-state index contributed by atoms with van der Waals surface area (Å²) in [7, 11) is 0. The SMILES string of the molecule is CC1(C(Cc2cccc(F)c2F)NN)CC1. The maximum atomic E-state index is 13.5. The molecule has 2 nitrogen and oxygen atoms in total. The van der Waals surface area contributed by atoms with E-state index in [2.05, 4.69) is 12.3 Å². The number of rotatable bonds is 4. The van der Waals surface area contributed by atoms with Gasteiger partial charge in [0.05, 0.1) is 0 Å². The van der Waals surface area contributed by atoms with Crippen molar-refractivity contribution < 1.29 is 8.78 Å². The van der Waals surface area contributed by atoms with E-state index in [9.17, 15) is 8.78 Å². The van der Waals surface area contributed by atoms with E-state index in [-0.39, 0.29) is 11.5 Å². The van der Waals surface area contributed by atoms with Gasteiger partial charge in [0, 0.05) is 6.04 Å². The molecule has 1 aliphatic rings. The van der Waals surface area contributed by atoms with Crippen LogP contribution in [0.1, 0.15) is 25.3 Å². The molecule has 0 radical (unpaired) electrons. The second kappa shape index (κ2) is 4.11. The minimum atomic E-state index is -0.797. The van der Waals surface area contributed by atoms with Crippen molar-refractivity contribution in [1.82, 2.24) is 5.43 Å². The Morgan fingerprint density at radius 1 is 1.44 bits per heavy atom. The minimum absolute atomic E-state index is 0.00352. The summed E-state index contributed by atoms with van der Waals surface area (Å²) < 4.78 is 26.5. The summed E-state index contributed by atoms with van der Waals surface area (Å²) in [6.45, 7) is 2.11. The van der Waals surface area contributed by atoms with Crippen molar-refractivity contribution in [2.75, 3.05) is 0 Å². The number of halogens is 2. The molecule has 0 heterocycles. The molecule has 0 aliphatic heterocycles. The summed E-state index contributed by atoms with van der Waals surface area (Å²) in [5, 5.41) is 0. The molecule has 4 heteroatoms. The van der Waals surface area contributed by atoms with Crippen LogP contribution in [0, 0.1) is 17.0 Å². The second-order valence-corrected chi connectivity index (χ2v) is 4.79. The first-order chi connectivity index (χ1) is 7.57. The number of hydrogen-bond donors (Lipinski definition) is 2. The highest BCUT2D eigenvalue weighted by Crippen LogP contribution is 2.48. The predicted octanol–water partition coefficient (Wildman–Crippen LogP) is 2.14. The Kier molecular flexibility index (Phi) is 2.95. The molecule has 3 N–H and O–H groups in total. The van der Waals surface area contributed by atoms with Crippen molar-refractivity contribution in [3.63, 3.8) is 0 Å². The lowest BCUT2D eigenvalue weighted by Gasteiger charge is -2.22. The highest BCUT2D eigenvalue weighted by molar-refractivity contribution is 5.21. The lowest BCUT2D eigenvalue weighted by Crippen LogP contribution is -2.42. The van der Waals surface area contributed by atoms with Crippen molar-refractivity contribution in [3.05, 3.63) is 35.4 Å². The average Bonchev–Trinajstić information content (AvgIpc) is 3.00. The van der Waals surface area contributed by atoms with Crippen LogP contribution in [-0.4, -0.2) is 6.04 Å². The maximum Gasteiger partial charge on any atom is 0.162 e. The molecule has 2 rings (SSSR count). The van der Waals surface area contributed by atoms with E-state index in [0.717, 1.165) is 18.9 Å². The Morgan fingerprint density at radius 2 is 2.12 bits per heavy atom. The first kappa shape index (κ1) is 11.5. The van der Waals surface area contributed by atoms with E-state index in [1.165, 1.54) is 6.07 Å². The highest BCUT2D eigenvalue weighted by atomic mass is 19.2. The zero-order valence-corrected chi connectivity index (χ0v) is 9.26. The highest BCUT2D eigenvalue weighted by Gasteiger charge is 2.44. The third-order valence-corrected chi connectivity index (χ3v) is 3.54. The van der Waals surface area contributed by atoms with E-state index >= 15 is 0 Å². The second-order valence-electron chi connectivity index (χ2n) is 4.79. The number of hydrogen-bond acceptors (Lipinski definition) is 2. The fraction of sp³-hybridized carbons (Fsp3) is 0.500. The van der Waals surface area contributed by atoms with Gasteiger partial charge in [-0.05, 0) is 36.3 Å². The molecule has 16 heavy (non-hydrogen) atoms. The summed E-state index contributed by atoms with van der Waals surface area (Å²) in [6, 6.07) is 4.26. The maximum absolute atomic E-state index is 13.5. The summed E-state index contributed by atoms with van der Waals surface area (Å²) in [5.74, 6) is 3.91. The van der Waals surface area contributed by atoms with Crippen LogP contribution >= 0.6 is 0 Å². The Labute approximate surface area is 93.8 Å². The van der Waals surface area contributed by atoms with Gasteiger partial charge in [0.25, 0.3) is 0 Å². The van der Waals surface area contributed by atoms with Crippen LogP contribution in [0.4, 0.5) is 8.78 Å². The molecule has 0 amide bonds. The van der Waals surface area contributed by atoms with Crippen molar-refractivity contribution in [3.8, 4) is 0 Å². The smallest absolute Gasteiger partial charge is 0.162 e. The first-order valence-corrected chi connectivity index (χ1v) is 5.46. The zero-order valence-electron chi connectivity index (χ0n) is 9.26. The predicted molar refractivity (Wildman–Crippen MR) is 58.5 cm³/mol. The molecule has 1 fully saturated rings. The van der Waals surface area contributed by atoms with E-state index in [0.29, 0.717) is 12.0 Å². The number of hydrazine groups is 1. The summed E-state index contributed by atoms with van der Waals surface area (Å²) in [6.07, 6.45) is 2.59. The van der Waals surface area contributed by atoms with Gasteiger partial charge in [0.15, 0.2) is 11.6 Å². The van der Waals surface area contributed by atoms with Crippen LogP contribution in [0.3, 0.4) is 0 Å². The van der Waals surface area contributed by atoms with Crippen molar-refractivity contribution in [2.45, 2.75) is 32.2 Å². The van der Waals surface area contributed by atoms with Crippen LogP contribution in [-0.2, 0) is 6.42 Å². The molecule has 1 aliphatic carbocycles. The van der Waals surface area contributed by atoms with Gasteiger partial charge >= 0.3 is 0 Å². The molecule has 1 aromatic carbocycles. The van der Waals surface area contributed by atoms with E-state index in [4.69, 9.17) is 5.84 Å². The van der Waals surface area contributed by atoms with E-state index in [1.54, 1.807) is 6.07 Å². The number of nitrogens with one attached hydrogen (secondary N) is 1. The monoisotopic (exact) mass is 226 g/mol. The molecule has 1 saturated carbocycles. The van der Waals surface area contributed by atoms with Crippen LogP contribution < -0.4 is 11.3 Å². The van der Waals surface area contributed by atoms with Gasteiger partial charge in [-0.1, -0.05) is 19.1 Å². The Bertz CT molecular complexity index is 389. The summed E-state index contributed by atoms with van der Waals surface area (Å²) in [5.41, 5.74) is 3.23. The number of benzene rings is 1. The topological polar surface area (TPSA) is 38.0 Å². The molecular weight excluding hydrogens is 210 g/mol. The zero-order chi connectivity index (χ0) is 11.8.